The van der Waals surface area contributed by atoms with Gasteiger partial charge in [0.15, 0.2) is 17.2 Å². The van der Waals surface area contributed by atoms with Crippen LogP contribution in [0.15, 0.2) is 53.2 Å². The fourth-order valence-electron chi connectivity index (χ4n) is 3.52. The Morgan fingerprint density at radius 1 is 1.17 bits per heavy atom. The van der Waals surface area contributed by atoms with Crippen molar-refractivity contribution >= 4 is 29.5 Å². The Kier molecular flexibility index (Phi) is 5.52. The van der Waals surface area contributed by atoms with E-state index in [0.29, 0.717) is 35.7 Å². The number of aliphatic imine (C=N–C) groups is 1. The Morgan fingerprint density at radius 3 is 2.63 bits per heavy atom. The highest BCUT2D eigenvalue weighted by Gasteiger charge is 2.26. The highest BCUT2D eigenvalue weighted by Crippen LogP contribution is 2.33. The number of cyclic esters (lactones) is 1. The summed E-state index contributed by atoms with van der Waals surface area (Å²) in [5.41, 5.74) is 2.34. The van der Waals surface area contributed by atoms with Crippen molar-refractivity contribution in [2.75, 3.05) is 25.2 Å². The van der Waals surface area contributed by atoms with Crippen molar-refractivity contribution < 1.29 is 23.8 Å². The van der Waals surface area contributed by atoms with Crippen LogP contribution in [-0.4, -0.2) is 38.0 Å². The number of methoxy groups -OCH3 is 1. The largest absolute Gasteiger partial charge is 0.492 e. The summed E-state index contributed by atoms with van der Waals surface area (Å²) in [5.74, 6) is 0.943. The monoisotopic (exact) mass is 406 g/mol. The molecule has 154 valence electrons. The van der Waals surface area contributed by atoms with Crippen LogP contribution in [0.5, 0.6) is 11.5 Å². The van der Waals surface area contributed by atoms with Gasteiger partial charge in [0.1, 0.15) is 0 Å². The highest BCUT2D eigenvalue weighted by molar-refractivity contribution is 6.13. The minimum Gasteiger partial charge on any atom is -0.492 e. The first-order chi connectivity index (χ1) is 14.6. The molecule has 1 amide bonds. The fraction of sp³-hybridized carbons (Fsp3) is 0.261. The Balaban J connectivity index is 1.60. The molecule has 0 radical (unpaired) electrons. The lowest BCUT2D eigenvalue weighted by atomic mass is 10.1. The van der Waals surface area contributed by atoms with Gasteiger partial charge < -0.3 is 19.1 Å². The van der Waals surface area contributed by atoms with Crippen LogP contribution in [-0.2, 0) is 14.3 Å². The Labute approximate surface area is 174 Å². The third-order valence-electron chi connectivity index (χ3n) is 4.93. The quantitative estimate of drug-likeness (QED) is 0.541. The number of carbonyl (C=O) groups is 2. The lowest BCUT2D eigenvalue weighted by Crippen LogP contribution is -2.23. The van der Waals surface area contributed by atoms with Gasteiger partial charge in [-0.05, 0) is 49.8 Å². The summed E-state index contributed by atoms with van der Waals surface area (Å²) in [6, 6.07) is 12.7. The van der Waals surface area contributed by atoms with Crippen molar-refractivity contribution in [1.82, 2.24) is 0 Å². The van der Waals surface area contributed by atoms with Crippen LogP contribution in [0.25, 0.3) is 6.08 Å². The molecule has 0 spiro atoms. The van der Waals surface area contributed by atoms with Gasteiger partial charge >= 0.3 is 5.97 Å². The molecule has 4 rings (SSSR count). The van der Waals surface area contributed by atoms with Crippen molar-refractivity contribution in [2.45, 2.75) is 19.8 Å². The van der Waals surface area contributed by atoms with Crippen molar-refractivity contribution in [3.05, 3.63) is 59.3 Å². The topological polar surface area (TPSA) is 77.4 Å². The first kappa shape index (κ1) is 19.7. The minimum atomic E-state index is -0.535. The van der Waals surface area contributed by atoms with Gasteiger partial charge in [-0.15, -0.1) is 0 Å². The molecule has 1 saturated heterocycles. The van der Waals surface area contributed by atoms with Crippen LogP contribution in [0.1, 0.15) is 30.9 Å². The fourth-order valence-corrected chi connectivity index (χ4v) is 3.52. The van der Waals surface area contributed by atoms with E-state index < -0.39 is 5.97 Å². The number of hydrogen-bond donors (Lipinski definition) is 0. The SMILES string of the molecule is CCOc1cccc(C=C2N=C(c3ccc(N4CCCC4=O)cc3)OC2=O)c1OC. The summed E-state index contributed by atoms with van der Waals surface area (Å²) in [6.07, 6.45) is 3.06. The third-order valence-corrected chi connectivity index (χ3v) is 4.93. The second-order valence-corrected chi connectivity index (χ2v) is 6.84. The number of rotatable bonds is 6. The number of ether oxygens (including phenoxy) is 3. The zero-order valence-corrected chi connectivity index (χ0v) is 16.9. The van der Waals surface area contributed by atoms with Crippen molar-refractivity contribution in [1.29, 1.82) is 0 Å². The summed E-state index contributed by atoms with van der Waals surface area (Å²) < 4.78 is 16.4. The summed E-state index contributed by atoms with van der Waals surface area (Å²) in [4.78, 5) is 30.4. The number of esters is 1. The molecule has 2 aliphatic rings. The average Bonchev–Trinajstić information content (AvgIpc) is 3.34. The maximum Gasteiger partial charge on any atom is 0.363 e. The molecule has 0 aliphatic carbocycles. The molecule has 0 aromatic heterocycles. The molecule has 2 aliphatic heterocycles. The molecule has 2 aromatic rings. The number of nitrogens with zero attached hydrogens (tertiary/aromatic N) is 2. The normalized spacial score (nSPS) is 17.3. The van der Waals surface area contributed by atoms with Gasteiger partial charge in [0.25, 0.3) is 0 Å². The molecule has 0 unspecified atom stereocenters. The number of anilines is 1. The molecule has 2 heterocycles. The summed E-state index contributed by atoms with van der Waals surface area (Å²) in [6.45, 7) is 3.11. The second kappa shape index (κ2) is 8.41. The Morgan fingerprint density at radius 2 is 1.97 bits per heavy atom. The first-order valence-electron chi connectivity index (χ1n) is 9.84. The second-order valence-electron chi connectivity index (χ2n) is 6.84. The molecule has 0 atom stereocenters. The zero-order chi connectivity index (χ0) is 21.1. The van der Waals surface area contributed by atoms with Gasteiger partial charge in [0.05, 0.1) is 13.7 Å². The molecule has 2 aromatic carbocycles. The van der Waals surface area contributed by atoms with E-state index in [1.807, 2.05) is 31.2 Å². The minimum absolute atomic E-state index is 0.126. The van der Waals surface area contributed by atoms with Crippen LogP contribution in [0, 0.1) is 0 Å². The van der Waals surface area contributed by atoms with Crippen LogP contribution in [0.3, 0.4) is 0 Å². The lowest BCUT2D eigenvalue weighted by molar-refractivity contribution is -0.130. The number of hydrogen-bond acceptors (Lipinski definition) is 6. The van der Waals surface area contributed by atoms with Crippen LogP contribution in [0.2, 0.25) is 0 Å². The van der Waals surface area contributed by atoms with E-state index in [1.165, 1.54) is 0 Å². The number of carbonyl (C=O) groups excluding carboxylic acids is 2. The predicted octanol–water partition coefficient (Wildman–Crippen LogP) is 3.57. The molecule has 1 fully saturated rings. The van der Waals surface area contributed by atoms with Crippen LogP contribution < -0.4 is 14.4 Å². The van der Waals surface area contributed by atoms with Crippen molar-refractivity contribution in [3.8, 4) is 11.5 Å². The summed E-state index contributed by atoms with van der Waals surface area (Å²) >= 11 is 0. The van der Waals surface area contributed by atoms with E-state index in [2.05, 4.69) is 4.99 Å². The molecule has 0 bridgehead atoms. The number of para-hydroxylation sites is 1. The molecule has 0 saturated carbocycles. The van der Waals surface area contributed by atoms with E-state index in [4.69, 9.17) is 14.2 Å². The van der Waals surface area contributed by atoms with E-state index in [0.717, 1.165) is 18.7 Å². The molecule has 0 N–H and O–H groups in total. The highest BCUT2D eigenvalue weighted by atomic mass is 16.6. The van der Waals surface area contributed by atoms with Gasteiger partial charge in [-0.1, -0.05) is 12.1 Å². The molecule has 30 heavy (non-hydrogen) atoms. The number of amides is 1. The molecular weight excluding hydrogens is 384 g/mol. The third kappa shape index (κ3) is 3.78. The van der Waals surface area contributed by atoms with Crippen molar-refractivity contribution in [3.63, 3.8) is 0 Å². The zero-order valence-electron chi connectivity index (χ0n) is 16.9. The average molecular weight is 406 g/mol. The van der Waals surface area contributed by atoms with Gasteiger partial charge in [-0.3, -0.25) is 4.79 Å². The van der Waals surface area contributed by atoms with Crippen LogP contribution >= 0.6 is 0 Å². The van der Waals surface area contributed by atoms with Gasteiger partial charge in [0, 0.05) is 29.8 Å². The first-order valence-corrected chi connectivity index (χ1v) is 9.84. The molecule has 7 nitrogen and oxygen atoms in total. The smallest absolute Gasteiger partial charge is 0.363 e. The van der Waals surface area contributed by atoms with Crippen molar-refractivity contribution in [2.24, 2.45) is 4.99 Å². The number of benzene rings is 2. The standard InChI is InChI=1S/C23H22N2O5/c1-3-29-19-7-4-6-16(21(19)28-2)14-18-23(27)30-22(24-18)15-9-11-17(12-10-15)25-13-5-8-20(25)26/h4,6-7,9-12,14H,3,5,8,13H2,1-2H3. The lowest BCUT2D eigenvalue weighted by Gasteiger charge is -2.15. The maximum atomic E-state index is 12.4. The predicted molar refractivity (Wildman–Crippen MR) is 113 cm³/mol. The Hall–Kier alpha value is -3.61. The maximum absolute atomic E-state index is 12.4. The van der Waals surface area contributed by atoms with Crippen LogP contribution in [0.4, 0.5) is 5.69 Å². The molecule has 7 heteroatoms. The van der Waals surface area contributed by atoms with E-state index in [-0.39, 0.29) is 17.5 Å². The molecular formula is C23H22N2O5. The van der Waals surface area contributed by atoms with E-state index in [1.54, 1.807) is 36.3 Å². The summed E-state index contributed by atoms with van der Waals surface area (Å²) in [5, 5.41) is 0. The summed E-state index contributed by atoms with van der Waals surface area (Å²) in [7, 11) is 1.55. The van der Waals surface area contributed by atoms with Gasteiger partial charge in [-0.2, -0.15) is 0 Å². The van der Waals surface area contributed by atoms with E-state index in [9.17, 15) is 9.59 Å². The van der Waals surface area contributed by atoms with E-state index >= 15 is 0 Å². The Bertz CT molecular complexity index is 1040. The van der Waals surface area contributed by atoms with Gasteiger partial charge in [0.2, 0.25) is 11.8 Å². The van der Waals surface area contributed by atoms with Gasteiger partial charge in [-0.25, -0.2) is 9.79 Å².